The van der Waals surface area contributed by atoms with E-state index >= 15 is 0 Å². The maximum Gasteiger partial charge on any atom is 0.231 e. The van der Waals surface area contributed by atoms with Crippen molar-refractivity contribution in [3.05, 3.63) is 59.2 Å². The molecule has 0 aliphatic carbocycles. The quantitative estimate of drug-likeness (QED) is 0.929. The Balaban J connectivity index is 2.19. The summed E-state index contributed by atoms with van der Waals surface area (Å²) in [5.41, 5.74) is 3.79. The summed E-state index contributed by atoms with van der Waals surface area (Å²) >= 11 is 0. The van der Waals surface area contributed by atoms with Gasteiger partial charge in [0.2, 0.25) is 5.91 Å². The number of nitrogens with zero attached hydrogens (tertiary/aromatic N) is 1. The fourth-order valence-electron chi connectivity index (χ4n) is 2.26. The van der Waals surface area contributed by atoms with Crippen molar-refractivity contribution in [2.75, 3.05) is 11.9 Å². The van der Waals surface area contributed by atoms with E-state index in [9.17, 15) is 9.90 Å². The third kappa shape index (κ3) is 2.99. The molecule has 0 saturated heterocycles. The highest BCUT2D eigenvalue weighted by Gasteiger charge is 2.15. The lowest BCUT2D eigenvalue weighted by atomic mass is 10.1. The number of hydrogen-bond acceptors (Lipinski definition) is 2. The lowest BCUT2D eigenvalue weighted by Gasteiger charge is -2.20. The van der Waals surface area contributed by atoms with Crippen LogP contribution in [0.4, 0.5) is 5.69 Å². The predicted molar refractivity (Wildman–Crippen MR) is 81.1 cm³/mol. The molecule has 0 bridgehead atoms. The summed E-state index contributed by atoms with van der Waals surface area (Å²) in [4.78, 5) is 14.0. The molecule has 1 amide bonds. The molecule has 0 heterocycles. The Labute approximate surface area is 119 Å². The number of amides is 1. The van der Waals surface area contributed by atoms with Gasteiger partial charge in [0.25, 0.3) is 0 Å². The standard InChI is InChI=1S/C17H19NO2/c1-12-8-9-15(13(2)10-12)18(3)17(20)11-14-6-4-5-7-16(14)19/h4-10,19H,11H2,1-3H3. The van der Waals surface area contributed by atoms with E-state index in [-0.39, 0.29) is 18.1 Å². The van der Waals surface area contributed by atoms with Gasteiger partial charge in [0.1, 0.15) is 5.75 Å². The number of phenols is 1. The molecular formula is C17H19NO2. The number of aryl methyl sites for hydroxylation is 2. The van der Waals surface area contributed by atoms with Gasteiger partial charge in [-0.3, -0.25) is 4.79 Å². The lowest BCUT2D eigenvalue weighted by Crippen LogP contribution is -2.28. The van der Waals surface area contributed by atoms with Gasteiger partial charge in [-0.2, -0.15) is 0 Å². The van der Waals surface area contributed by atoms with E-state index in [0.717, 1.165) is 11.3 Å². The SMILES string of the molecule is Cc1ccc(N(C)C(=O)Cc2ccccc2O)c(C)c1. The lowest BCUT2D eigenvalue weighted by molar-refractivity contribution is -0.117. The summed E-state index contributed by atoms with van der Waals surface area (Å²) in [6.07, 6.45) is 0.191. The van der Waals surface area contributed by atoms with Crippen molar-refractivity contribution in [2.24, 2.45) is 0 Å². The van der Waals surface area contributed by atoms with Crippen molar-refractivity contribution in [3.63, 3.8) is 0 Å². The van der Waals surface area contributed by atoms with Crippen LogP contribution in [0.1, 0.15) is 16.7 Å². The fraction of sp³-hybridized carbons (Fsp3) is 0.235. The first kappa shape index (κ1) is 14.1. The number of rotatable bonds is 3. The van der Waals surface area contributed by atoms with Gasteiger partial charge in [-0.05, 0) is 31.5 Å². The highest BCUT2D eigenvalue weighted by atomic mass is 16.3. The Morgan fingerprint density at radius 3 is 2.50 bits per heavy atom. The van der Waals surface area contributed by atoms with E-state index < -0.39 is 0 Å². The zero-order chi connectivity index (χ0) is 14.7. The first-order valence-electron chi connectivity index (χ1n) is 6.59. The summed E-state index contributed by atoms with van der Waals surface area (Å²) in [5.74, 6) is 0.119. The maximum absolute atomic E-state index is 12.3. The van der Waals surface area contributed by atoms with E-state index in [0.29, 0.717) is 5.56 Å². The van der Waals surface area contributed by atoms with E-state index in [1.165, 1.54) is 5.56 Å². The van der Waals surface area contributed by atoms with Crippen LogP contribution >= 0.6 is 0 Å². The van der Waals surface area contributed by atoms with Gasteiger partial charge in [-0.1, -0.05) is 35.9 Å². The van der Waals surface area contributed by atoms with Gasteiger partial charge in [-0.15, -0.1) is 0 Å². The summed E-state index contributed by atoms with van der Waals surface area (Å²) in [6.45, 7) is 4.02. The minimum absolute atomic E-state index is 0.0431. The zero-order valence-electron chi connectivity index (χ0n) is 12.1. The molecular weight excluding hydrogens is 250 g/mol. The number of carbonyl (C=O) groups is 1. The topological polar surface area (TPSA) is 40.5 Å². The van der Waals surface area contributed by atoms with Crippen LogP contribution in [0.2, 0.25) is 0 Å². The highest BCUT2D eigenvalue weighted by molar-refractivity contribution is 5.95. The largest absolute Gasteiger partial charge is 0.508 e. The van der Waals surface area contributed by atoms with Crippen molar-refractivity contribution in [3.8, 4) is 5.75 Å². The van der Waals surface area contributed by atoms with Crippen LogP contribution in [0.25, 0.3) is 0 Å². The normalized spacial score (nSPS) is 10.3. The minimum atomic E-state index is -0.0431. The number of likely N-dealkylation sites (N-methyl/N-ethyl adjacent to an activating group) is 1. The van der Waals surface area contributed by atoms with Crippen LogP contribution < -0.4 is 4.90 Å². The second-order valence-electron chi connectivity index (χ2n) is 5.05. The molecule has 0 saturated carbocycles. The van der Waals surface area contributed by atoms with Gasteiger partial charge >= 0.3 is 0 Å². The zero-order valence-corrected chi connectivity index (χ0v) is 12.1. The molecule has 0 aliphatic heterocycles. The Hall–Kier alpha value is -2.29. The summed E-state index contributed by atoms with van der Waals surface area (Å²) < 4.78 is 0. The molecule has 2 rings (SSSR count). The molecule has 0 aromatic heterocycles. The first-order chi connectivity index (χ1) is 9.49. The molecule has 2 aromatic carbocycles. The van der Waals surface area contributed by atoms with Crippen LogP contribution in [0.15, 0.2) is 42.5 Å². The number of aromatic hydroxyl groups is 1. The third-order valence-electron chi connectivity index (χ3n) is 3.42. The third-order valence-corrected chi connectivity index (χ3v) is 3.42. The molecule has 2 aromatic rings. The van der Waals surface area contributed by atoms with Gasteiger partial charge in [0.05, 0.1) is 6.42 Å². The average molecular weight is 269 g/mol. The Kier molecular flexibility index (Phi) is 4.08. The van der Waals surface area contributed by atoms with Gasteiger partial charge in [0.15, 0.2) is 0 Å². The molecule has 1 N–H and O–H groups in total. The number of anilines is 1. The summed E-state index contributed by atoms with van der Waals surface area (Å²) in [5, 5.41) is 9.73. The highest BCUT2D eigenvalue weighted by Crippen LogP contribution is 2.22. The Bertz CT molecular complexity index is 635. The van der Waals surface area contributed by atoms with Crippen molar-refractivity contribution in [2.45, 2.75) is 20.3 Å². The number of para-hydroxylation sites is 1. The van der Waals surface area contributed by atoms with Crippen molar-refractivity contribution in [1.29, 1.82) is 0 Å². The molecule has 0 fully saturated rings. The van der Waals surface area contributed by atoms with Crippen LogP contribution in [0.3, 0.4) is 0 Å². The number of hydrogen-bond donors (Lipinski definition) is 1. The number of benzene rings is 2. The minimum Gasteiger partial charge on any atom is -0.508 e. The molecule has 0 radical (unpaired) electrons. The number of phenolic OH excluding ortho intramolecular Hbond substituents is 1. The van der Waals surface area contributed by atoms with Crippen LogP contribution in [-0.4, -0.2) is 18.1 Å². The predicted octanol–water partition coefficient (Wildman–Crippen LogP) is 3.21. The molecule has 3 nitrogen and oxygen atoms in total. The van der Waals surface area contributed by atoms with E-state index in [1.807, 2.05) is 32.0 Å². The molecule has 0 aliphatic rings. The van der Waals surface area contributed by atoms with Crippen LogP contribution in [0.5, 0.6) is 5.75 Å². The first-order valence-corrected chi connectivity index (χ1v) is 6.59. The van der Waals surface area contributed by atoms with Crippen LogP contribution in [-0.2, 0) is 11.2 Å². The van der Waals surface area contributed by atoms with Crippen molar-refractivity contribution >= 4 is 11.6 Å². The second kappa shape index (κ2) is 5.78. The second-order valence-corrected chi connectivity index (χ2v) is 5.05. The smallest absolute Gasteiger partial charge is 0.231 e. The van der Waals surface area contributed by atoms with Gasteiger partial charge in [-0.25, -0.2) is 0 Å². The summed E-state index contributed by atoms with van der Waals surface area (Å²) in [7, 11) is 1.76. The molecule has 0 atom stereocenters. The van der Waals surface area contributed by atoms with Gasteiger partial charge < -0.3 is 10.0 Å². The molecule has 0 spiro atoms. The molecule has 0 unspecified atom stereocenters. The Morgan fingerprint density at radius 1 is 1.15 bits per heavy atom. The van der Waals surface area contributed by atoms with E-state index in [1.54, 1.807) is 30.1 Å². The number of carbonyl (C=O) groups excluding carboxylic acids is 1. The maximum atomic E-state index is 12.3. The molecule has 3 heteroatoms. The van der Waals surface area contributed by atoms with E-state index in [4.69, 9.17) is 0 Å². The van der Waals surface area contributed by atoms with Gasteiger partial charge in [0, 0.05) is 18.3 Å². The van der Waals surface area contributed by atoms with Crippen molar-refractivity contribution in [1.82, 2.24) is 0 Å². The average Bonchev–Trinajstić information content (AvgIpc) is 2.40. The van der Waals surface area contributed by atoms with E-state index in [2.05, 4.69) is 6.07 Å². The fourth-order valence-corrected chi connectivity index (χ4v) is 2.26. The van der Waals surface area contributed by atoms with Crippen molar-refractivity contribution < 1.29 is 9.90 Å². The monoisotopic (exact) mass is 269 g/mol. The molecule has 20 heavy (non-hydrogen) atoms. The summed E-state index contributed by atoms with van der Waals surface area (Å²) in [6, 6.07) is 12.9. The Morgan fingerprint density at radius 2 is 1.85 bits per heavy atom. The molecule has 104 valence electrons. The van der Waals surface area contributed by atoms with Crippen LogP contribution in [0, 0.1) is 13.8 Å².